The highest BCUT2D eigenvalue weighted by atomic mass is 16.5. The second kappa shape index (κ2) is 8.73. The summed E-state index contributed by atoms with van der Waals surface area (Å²) in [6, 6.07) is -0.295. The Hall–Kier alpha value is -1.39. The Bertz CT molecular complexity index is 271. The monoisotopic (exact) mass is 241 g/mol. The molecule has 1 saturated heterocycles. The van der Waals surface area contributed by atoms with Crippen LogP contribution in [0.5, 0.6) is 0 Å². The van der Waals surface area contributed by atoms with E-state index in [1.54, 1.807) is 0 Å². The fourth-order valence-electron chi connectivity index (χ4n) is 1.83. The van der Waals surface area contributed by atoms with Gasteiger partial charge in [0, 0.05) is 19.8 Å². The van der Waals surface area contributed by atoms with Crippen molar-refractivity contribution in [3.8, 4) is 0 Å². The summed E-state index contributed by atoms with van der Waals surface area (Å²) in [6.07, 6.45) is 5.69. The number of hydrogen-bond donors (Lipinski definition) is 2. The molecule has 96 valence electrons. The van der Waals surface area contributed by atoms with Crippen LogP contribution >= 0.6 is 0 Å². The lowest BCUT2D eigenvalue weighted by Gasteiger charge is -2.21. The standard InChI is InChI=1S/C11H19N3O3/c15-9-12-8-14-11(16)13-5-1-2-10-3-6-17-7-4-10/h10H,1-8H2,(H2,13,14,16). The quantitative estimate of drug-likeness (QED) is 0.410. The zero-order chi connectivity index (χ0) is 12.3. The second-order valence-corrected chi connectivity index (χ2v) is 4.04. The minimum atomic E-state index is -0.295. The van der Waals surface area contributed by atoms with Crippen molar-refractivity contribution in [1.29, 1.82) is 0 Å². The summed E-state index contributed by atoms with van der Waals surface area (Å²) in [6.45, 7) is 2.36. The van der Waals surface area contributed by atoms with Gasteiger partial charge in [0.25, 0.3) is 0 Å². The molecule has 0 bridgehead atoms. The third kappa shape index (κ3) is 6.71. The van der Waals surface area contributed by atoms with Crippen molar-refractivity contribution in [2.45, 2.75) is 25.7 Å². The topological polar surface area (TPSA) is 79.8 Å². The second-order valence-electron chi connectivity index (χ2n) is 4.04. The Morgan fingerprint density at radius 3 is 2.82 bits per heavy atom. The van der Waals surface area contributed by atoms with E-state index in [0.717, 1.165) is 44.8 Å². The Kier molecular flexibility index (Phi) is 7.02. The Labute approximate surface area is 101 Å². The van der Waals surface area contributed by atoms with Crippen LogP contribution in [0.1, 0.15) is 25.7 Å². The number of amides is 2. The van der Waals surface area contributed by atoms with Crippen LogP contribution in [0.3, 0.4) is 0 Å². The lowest BCUT2D eigenvalue weighted by atomic mass is 9.95. The van der Waals surface area contributed by atoms with Gasteiger partial charge in [-0.2, -0.15) is 4.99 Å². The number of nitrogens with one attached hydrogen (secondary N) is 2. The fourth-order valence-corrected chi connectivity index (χ4v) is 1.83. The van der Waals surface area contributed by atoms with Gasteiger partial charge < -0.3 is 15.4 Å². The molecule has 1 heterocycles. The van der Waals surface area contributed by atoms with Gasteiger partial charge in [-0.15, -0.1) is 0 Å². The largest absolute Gasteiger partial charge is 0.381 e. The molecule has 0 saturated carbocycles. The molecule has 1 aliphatic rings. The molecule has 0 atom stereocenters. The molecular weight excluding hydrogens is 222 g/mol. The van der Waals surface area contributed by atoms with Crippen LogP contribution in [0.15, 0.2) is 4.99 Å². The number of carbonyl (C=O) groups is 1. The van der Waals surface area contributed by atoms with Crippen LogP contribution in [0, 0.1) is 5.92 Å². The molecule has 6 heteroatoms. The van der Waals surface area contributed by atoms with Crippen molar-refractivity contribution in [2.75, 3.05) is 26.4 Å². The number of rotatable bonds is 6. The molecule has 1 rings (SSSR count). The normalized spacial score (nSPS) is 16.0. The van der Waals surface area contributed by atoms with E-state index in [4.69, 9.17) is 4.74 Å². The number of isocyanates is 1. The summed E-state index contributed by atoms with van der Waals surface area (Å²) in [7, 11) is 0. The van der Waals surface area contributed by atoms with E-state index in [-0.39, 0.29) is 12.7 Å². The molecule has 0 aromatic carbocycles. The van der Waals surface area contributed by atoms with E-state index in [1.165, 1.54) is 6.08 Å². The third-order valence-electron chi connectivity index (χ3n) is 2.80. The summed E-state index contributed by atoms with van der Waals surface area (Å²) < 4.78 is 5.28. The summed E-state index contributed by atoms with van der Waals surface area (Å²) >= 11 is 0. The van der Waals surface area contributed by atoms with Gasteiger partial charge in [0.15, 0.2) is 0 Å². The maximum absolute atomic E-state index is 11.1. The lowest BCUT2D eigenvalue weighted by Crippen LogP contribution is -2.36. The van der Waals surface area contributed by atoms with Crippen molar-refractivity contribution >= 4 is 12.1 Å². The molecule has 0 aromatic heterocycles. The number of hydrogen-bond acceptors (Lipinski definition) is 4. The van der Waals surface area contributed by atoms with E-state index in [0.29, 0.717) is 6.54 Å². The van der Waals surface area contributed by atoms with Gasteiger partial charge in [-0.1, -0.05) is 0 Å². The molecule has 0 radical (unpaired) electrons. The number of urea groups is 1. The van der Waals surface area contributed by atoms with Crippen LogP contribution in [-0.2, 0) is 9.53 Å². The predicted octanol–water partition coefficient (Wildman–Crippen LogP) is 0.786. The van der Waals surface area contributed by atoms with Gasteiger partial charge in [0.1, 0.15) is 6.67 Å². The first-order chi connectivity index (χ1) is 8.33. The first kappa shape index (κ1) is 13.7. The van der Waals surface area contributed by atoms with Crippen LogP contribution in [0.25, 0.3) is 0 Å². The van der Waals surface area contributed by atoms with Gasteiger partial charge in [-0.3, -0.25) is 0 Å². The molecule has 1 aliphatic heterocycles. The van der Waals surface area contributed by atoms with Crippen molar-refractivity contribution in [3.05, 3.63) is 0 Å². The maximum Gasteiger partial charge on any atom is 0.316 e. The van der Waals surface area contributed by atoms with Crippen LogP contribution in [0.4, 0.5) is 4.79 Å². The van der Waals surface area contributed by atoms with Crippen molar-refractivity contribution in [1.82, 2.24) is 10.6 Å². The summed E-state index contributed by atoms with van der Waals surface area (Å²) in [4.78, 5) is 24.1. The Balaban J connectivity index is 1.95. The minimum absolute atomic E-state index is 0.0186. The van der Waals surface area contributed by atoms with Crippen LogP contribution in [0.2, 0.25) is 0 Å². The average Bonchev–Trinajstić information content (AvgIpc) is 2.36. The average molecular weight is 241 g/mol. The fraction of sp³-hybridized carbons (Fsp3) is 0.818. The zero-order valence-corrected chi connectivity index (χ0v) is 9.91. The van der Waals surface area contributed by atoms with Crippen molar-refractivity contribution in [3.63, 3.8) is 0 Å². The summed E-state index contributed by atoms with van der Waals surface area (Å²) in [5, 5.41) is 5.13. The first-order valence-electron chi connectivity index (χ1n) is 5.96. The number of ether oxygens (including phenoxy) is 1. The molecule has 17 heavy (non-hydrogen) atoms. The van der Waals surface area contributed by atoms with Gasteiger partial charge in [-0.05, 0) is 31.6 Å². The molecule has 2 N–H and O–H groups in total. The molecule has 0 unspecified atom stereocenters. The number of aliphatic imine (C=N–C) groups is 1. The highest BCUT2D eigenvalue weighted by Crippen LogP contribution is 2.19. The molecule has 6 nitrogen and oxygen atoms in total. The Morgan fingerprint density at radius 1 is 1.35 bits per heavy atom. The van der Waals surface area contributed by atoms with Crippen molar-refractivity contribution in [2.24, 2.45) is 10.9 Å². The summed E-state index contributed by atoms with van der Waals surface area (Å²) in [5.41, 5.74) is 0. The predicted molar refractivity (Wildman–Crippen MR) is 62.3 cm³/mol. The molecular formula is C11H19N3O3. The highest BCUT2D eigenvalue weighted by Gasteiger charge is 2.12. The number of nitrogens with zero attached hydrogens (tertiary/aromatic N) is 1. The molecule has 2 amide bonds. The third-order valence-corrected chi connectivity index (χ3v) is 2.80. The smallest absolute Gasteiger partial charge is 0.316 e. The van der Waals surface area contributed by atoms with E-state index in [2.05, 4.69) is 15.6 Å². The molecule has 0 spiro atoms. The van der Waals surface area contributed by atoms with Gasteiger partial charge >= 0.3 is 6.03 Å². The maximum atomic E-state index is 11.1. The van der Waals surface area contributed by atoms with Gasteiger partial charge in [0.2, 0.25) is 6.08 Å². The first-order valence-corrected chi connectivity index (χ1v) is 5.96. The lowest BCUT2D eigenvalue weighted by molar-refractivity contribution is 0.0634. The van der Waals surface area contributed by atoms with Crippen LogP contribution in [-0.4, -0.2) is 38.5 Å². The van der Waals surface area contributed by atoms with Crippen molar-refractivity contribution < 1.29 is 14.3 Å². The zero-order valence-electron chi connectivity index (χ0n) is 9.91. The van der Waals surface area contributed by atoms with E-state index in [9.17, 15) is 9.59 Å². The molecule has 1 fully saturated rings. The van der Waals surface area contributed by atoms with Crippen LogP contribution < -0.4 is 10.6 Å². The van der Waals surface area contributed by atoms with Gasteiger partial charge in [-0.25, -0.2) is 9.59 Å². The van der Waals surface area contributed by atoms with E-state index >= 15 is 0 Å². The van der Waals surface area contributed by atoms with E-state index in [1.807, 2.05) is 0 Å². The Morgan fingerprint density at radius 2 is 2.12 bits per heavy atom. The molecule has 0 aliphatic carbocycles. The summed E-state index contributed by atoms with van der Waals surface area (Å²) in [5.74, 6) is 0.730. The van der Waals surface area contributed by atoms with E-state index < -0.39 is 0 Å². The molecule has 0 aromatic rings. The minimum Gasteiger partial charge on any atom is -0.381 e. The SMILES string of the molecule is O=C=NCNC(=O)NCCCC1CCOCC1. The highest BCUT2D eigenvalue weighted by molar-refractivity contribution is 5.73. The van der Waals surface area contributed by atoms with Gasteiger partial charge in [0.05, 0.1) is 0 Å². The number of carbonyl (C=O) groups excluding carboxylic acids is 2.